The molecule has 2 aromatic heterocycles. The number of halogens is 4. The van der Waals surface area contributed by atoms with Crippen molar-refractivity contribution in [2.24, 2.45) is 5.41 Å². The Labute approximate surface area is 426 Å². The van der Waals surface area contributed by atoms with Gasteiger partial charge in [0.2, 0.25) is 17.8 Å². The van der Waals surface area contributed by atoms with Crippen LogP contribution in [0.2, 0.25) is 0 Å². The first-order valence-corrected chi connectivity index (χ1v) is 26.9. The van der Waals surface area contributed by atoms with Gasteiger partial charge in [-0.05, 0) is 123 Å². The van der Waals surface area contributed by atoms with Crippen LogP contribution in [0.1, 0.15) is 70.4 Å². The fourth-order valence-corrected chi connectivity index (χ4v) is 11.7. The van der Waals surface area contributed by atoms with E-state index in [9.17, 15) is 36.9 Å². The molecule has 3 N–H and O–H groups in total. The van der Waals surface area contributed by atoms with Gasteiger partial charge in [0.15, 0.2) is 0 Å². The van der Waals surface area contributed by atoms with Crippen LogP contribution in [-0.4, -0.2) is 132 Å². The lowest BCUT2D eigenvalue weighted by Gasteiger charge is -2.47. The van der Waals surface area contributed by atoms with E-state index >= 15 is 0 Å². The number of carbonyl (C=O) groups is 4. The third kappa shape index (κ3) is 11.1. The highest BCUT2D eigenvalue weighted by Crippen LogP contribution is 2.45. The average molecular weight is 1090 g/mol. The van der Waals surface area contributed by atoms with Crippen LogP contribution in [0.15, 0.2) is 59.5 Å². The van der Waals surface area contributed by atoms with Crippen molar-refractivity contribution < 1.29 is 51.1 Å². The quantitative estimate of drug-likeness (QED) is 0.0458. The highest BCUT2D eigenvalue weighted by Gasteiger charge is 2.46. The van der Waals surface area contributed by atoms with Crippen LogP contribution < -0.4 is 35.6 Å². The molecule has 3 saturated heterocycles. The third-order valence-corrected chi connectivity index (χ3v) is 15.8. The molecule has 1 atom stereocenters. The molecule has 1 spiro atoms. The Kier molecular flexibility index (Phi) is 14.5. The molecule has 4 aliphatic heterocycles. The lowest BCUT2D eigenvalue weighted by Crippen LogP contribution is -2.54. The van der Waals surface area contributed by atoms with Crippen molar-refractivity contribution in [2.45, 2.75) is 57.9 Å². The molecule has 18 nitrogen and oxygen atoms in total. The van der Waals surface area contributed by atoms with Gasteiger partial charge in [-0.1, -0.05) is 11.8 Å². The van der Waals surface area contributed by atoms with Gasteiger partial charge in [0, 0.05) is 62.0 Å². The number of imide groups is 2. The van der Waals surface area contributed by atoms with Gasteiger partial charge in [0.25, 0.3) is 11.8 Å². The zero-order valence-electron chi connectivity index (χ0n) is 40.3. The fourth-order valence-electron chi connectivity index (χ4n) is 10.00. The average Bonchev–Trinajstić information content (AvgIpc) is 3.59. The highest BCUT2D eigenvalue weighted by molar-refractivity contribution is 9.10. The summed E-state index contributed by atoms with van der Waals surface area (Å²) in [7, 11) is -1.18. The Bertz CT molecular complexity index is 3150. The molecule has 4 amide bonds. The van der Waals surface area contributed by atoms with Gasteiger partial charge < -0.3 is 39.2 Å². The number of benzene rings is 3. The van der Waals surface area contributed by atoms with Crippen LogP contribution in [0.5, 0.6) is 11.5 Å². The van der Waals surface area contributed by atoms with E-state index in [1.807, 2.05) is 24.3 Å². The van der Waals surface area contributed by atoms with Crippen molar-refractivity contribution in [1.82, 2.24) is 35.1 Å². The van der Waals surface area contributed by atoms with Gasteiger partial charge in [-0.2, -0.15) is 4.98 Å². The molecule has 3 fully saturated rings. The summed E-state index contributed by atoms with van der Waals surface area (Å²) in [5.74, 6) is 2.80. The van der Waals surface area contributed by atoms with Crippen molar-refractivity contribution in [2.75, 3.05) is 81.9 Å². The number of nitrogens with zero attached hydrogens (tertiary/aromatic N) is 7. The highest BCUT2D eigenvalue weighted by atomic mass is 79.9. The first kappa shape index (κ1) is 51.2. The maximum Gasteiger partial charge on any atom is 0.573 e. The summed E-state index contributed by atoms with van der Waals surface area (Å²) < 4.78 is 69.6. The molecule has 0 radical (unpaired) electrons. The molecule has 1 unspecified atom stereocenters. The van der Waals surface area contributed by atoms with E-state index in [4.69, 9.17) is 14.5 Å². The summed E-state index contributed by atoms with van der Waals surface area (Å²) >= 11 is 3.57. The molecule has 6 heterocycles. The summed E-state index contributed by atoms with van der Waals surface area (Å²) in [6.07, 6.45) is 3.64. The number of fused-ring (bicyclic) bond motifs is 2. The number of piperidine rings is 3. The third-order valence-electron chi connectivity index (χ3n) is 13.7. The zero-order chi connectivity index (χ0) is 51.8. The van der Waals surface area contributed by atoms with E-state index in [-0.39, 0.29) is 41.6 Å². The van der Waals surface area contributed by atoms with Crippen LogP contribution in [0, 0.1) is 24.2 Å². The normalized spacial score (nSPS) is 18.1. The Hall–Kier alpha value is -6.66. The minimum Gasteiger partial charge on any atom is -0.494 e. The topological polar surface area (TPSA) is 210 Å². The number of anilines is 5. The Morgan fingerprint density at radius 3 is 2.40 bits per heavy atom. The van der Waals surface area contributed by atoms with Crippen LogP contribution in [0.4, 0.5) is 42.0 Å². The number of rotatable bonds is 13. The van der Waals surface area contributed by atoms with E-state index in [0.29, 0.717) is 67.8 Å². The summed E-state index contributed by atoms with van der Waals surface area (Å²) in [6, 6.07) is 8.16. The molecule has 73 heavy (non-hydrogen) atoms. The number of ether oxygens (including phenoxy) is 3. The molecule has 9 rings (SSSR count). The first-order chi connectivity index (χ1) is 34.8. The number of hydrogen-bond donors (Lipinski definition) is 3. The Morgan fingerprint density at radius 1 is 0.945 bits per heavy atom. The number of nitrogens with one attached hydrogen (secondary N) is 3. The van der Waals surface area contributed by atoms with Crippen LogP contribution >= 0.6 is 23.1 Å². The molecule has 3 aromatic carbocycles. The van der Waals surface area contributed by atoms with Crippen molar-refractivity contribution in [1.29, 1.82) is 0 Å². The molecule has 23 heteroatoms. The van der Waals surface area contributed by atoms with Crippen LogP contribution in [0.25, 0.3) is 11.0 Å². The molecule has 0 bridgehead atoms. The summed E-state index contributed by atoms with van der Waals surface area (Å²) in [6.45, 7) is 9.92. The largest absolute Gasteiger partial charge is 0.573 e. The smallest absolute Gasteiger partial charge is 0.494 e. The maximum absolute atomic E-state index is 13.5. The van der Waals surface area contributed by atoms with Gasteiger partial charge in [-0.25, -0.2) is 4.98 Å². The van der Waals surface area contributed by atoms with Gasteiger partial charge >= 0.3 is 6.36 Å². The number of methoxy groups -OCH3 is 1. The second-order valence-corrected chi connectivity index (χ2v) is 22.8. The SMILES string of the molecule is COc1cc(N2CCC3(CCN(CCOCC#Cc4cc(OC(F)(F)F)cc5c4C(=O)N(C4CCC(=O)NC4=O)C5=O)CC3)CC2)c(C)cc1Nc1ncc(Br)c(Nc2ccc3nccnc3c2P(C)(C)=O)n1. The predicted octanol–water partition coefficient (Wildman–Crippen LogP) is 7.29. The Morgan fingerprint density at radius 2 is 1.68 bits per heavy atom. The second kappa shape index (κ2) is 20.7. The number of alkyl halides is 3. The monoisotopic (exact) mass is 1090 g/mol. The minimum absolute atomic E-state index is 0.0998. The molecule has 0 aliphatic carbocycles. The molecular weight excluding hydrogens is 1040 g/mol. The fraction of sp³-hybridized carbons (Fsp3) is 0.400. The zero-order valence-corrected chi connectivity index (χ0v) is 42.8. The standard InChI is InChI=1S/C50H51BrF3N10O8P/c1-29-24-36(59-48-57-28-33(51)44(61-48)58-35-8-7-34-42(56-16-15-55-34)43(35)73(3,4)69)39(70-2)27-38(29)63-19-13-49(14-20-63)11-17-62(18-12-49)21-23-71-22-5-6-30-25-31(72-50(52,53)54)26-32-41(30)47(68)64(46(32)67)37-9-10-40(65)60-45(37)66/h7-8,15-16,24-28,37H,9-14,17-23H2,1-4H3,(H,60,65,66)(H2,57,58,59,61). The Balaban J connectivity index is 0.774. The van der Waals surface area contributed by atoms with Crippen molar-refractivity contribution in [3.63, 3.8) is 0 Å². The van der Waals surface area contributed by atoms with Gasteiger partial charge in [-0.3, -0.25) is 39.4 Å². The van der Waals surface area contributed by atoms with Crippen molar-refractivity contribution in [3.05, 3.63) is 81.7 Å². The van der Waals surface area contributed by atoms with Crippen LogP contribution in [-0.2, 0) is 18.9 Å². The van der Waals surface area contributed by atoms with E-state index < -0.39 is 48.9 Å². The van der Waals surface area contributed by atoms with Crippen molar-refractivity contribution in [3.8, 4) is 23.3 Å². The van der Waals surface area contributed by atoms with E-state index in [2.05, 4.69) is 80.1 Å². The van der Waals surface area contributed by atoms with E-state index in [1.165, 1.54) is 0 Å². The first-order valence-electron chi connectivity index (χ1n) is 23.5. The molecular formula is C50H51BrF3N10O8P. The van der Waals surface area contributed by atoms with Crippen LogP contribution in [0.3, 0.4) is 0 Å². The molecule has 0 saturated carbocycles. The van der Waals surface area contributed by atoms with Gasteiger partial charge in [0.05, 0.1) is 51.5 Å². The second-order valence-electron chi connectivity index (χ2n) is 18.8. The number of likely N-dealkylation sites (tertiary alicyclic amines) is 1. The number of aryl methyl sites for hydroxylation is 1. The van der Waals surface area contributed by atoms with Gasteiger partial charge in [-0.15, -0.1) is 13.2 Å². The summed E-state index contributed by atoms with van der Waals surface area (Å²) in [5, 5.41) is 9.35. The van der Waals surface area contributed by atoms with E-state index in [0.717, 1.165) is 75.2 Å². The summed E-state index contributed by atoms with van der Waals surface area (Å²) in [4.78, 5) is 74.6. The summed E-state index contributed by atoms with van der Waals surface area (Å²) in [5.41, 5.74) is 4.06. The lowest BCUT2D eigenvalue weighted by atomic mass is 9.71. The molecule has 382 valence electrons. The van der Waals surface area contributed by atoms with Gasteiger partial charge in [0.1, 0.15) is 42.6 Å². The number of amides is 4. The number of aromatic nitrogens is 4. The maximum atomic E-state index is 13.5. The lowest BCUT2D eigenvalue weighted by molar-refractivity contribution is -0.274. The number of hydrogen-bond acceptors (Lipinski definition) is 16. The number of carbonyl (C=O) groups excluding carboxylic acids is 4. The molecule has 4 aliphatic rings. The minimum atomic E-state index is -5.09. The predicted molar refractivity (Wildman–Crippen MR) is 270 cm³/mol. The van der Waals surface area contributed by atoms with Crippen molar-refractivity contribution >= 4 is 91.9 Å². The molecule has 5 aromatic rings. The van der Waals surface area contributed by atoms with E-state index in [1.54, 1.807) is 39.0 Å².